The van der Waals surface area contributed by atoms with Crippen molar-refractivity contribution in [2.75, 3.05) is 6.61 Å². The second kappa shape index (κ2) is 4.04. The van der Waals surface area contributed by atoms with Crippen molar-refractivity contribution in [2.45, 2.75) is 25.5 Å². The summed E-state index contributed by atoms with van der Waals surface area (Å²) in [5.74, 6) is 3.01. The highest BCUT2D eigenvalue weighted by Crippen LogP contribution is 2.21. The number of hydrogen-bond donors (Lipinski definition) is 0. The van der Waals surface area contributed by atoms with E-state index in [2.05, 4.69) is 11.0 Å². The maximum absolute atomic E-state index is 5.86. The summed E-state index contributed by atoms with van der Waals surface area (Å²) in [5.41, 5.74) is 3.21. The van der Waals surface area contributed by atoms with Gasteiger partial charge in [-0.2, -0.15) is 5.10 Å². The number of aromatic nitrogens is 2. The van der Waals surface area contributed by atoms with E-state index in [1.807, 2.05) is 0 Å². The zero-order valence-electron chi connectivity index (χ0n) is 7.79. The third kappa shape index (κ3) is 1.52. The fourth-order valence-corrected chi connectivity index (χ4v) is 1.97. The van der Waals surface area contributed by atoms with Crippen molar-refractivity contribution in [3.63, 3.8) is 0 Å². The van der Waals surface area contributed by atoms with Crippen molar-refractivity contribution in [2.24, 2.45) is 0 Å². The minimum Gasteiger partial charge on any atom is -0.376 e. The Morgan fingerprint density at radius 3 is 3.21 bits per heavy atom. The predicted molar refractivity (Wildman–Crippen MR) is 54.0 cm³/mol. The number of hydrogen-bond acceptors (Lipinski definition) is 2. The molecule has 0 aromatic carbocycles. The molecule has 14 heavy (non-hydrogen) atoms. The highest BCUT2D eigenvalue weighted by Gasteiger charge is 2.19. The number of nitrogens with zero attached hydrogens (tertiary/aromatic N) is 2. The Bertz CT molecular complexity index is 378. The van der Waals surface area contributed by atoms with Crippen LogP contribution >= 0.6 is 11.6 Å². The molecule has 0 N–H and O–H groups in total. The smallest absolute Gasteiger partial charge is 0.102 e. The van der Waals surface area contributed by atoms with Gasteiger partial charge in [0.2, 0.25) is 0 Å². The maximum Gasteiger partial charge on any atom is 0.102 e. The van der Waals surface area contributed by atoms with Crippen molar-refractivity contribution in [1.29, 1.82) is 0 Å². The van der Waals surface area contributed by atoms with Crippen molar-refractivity contribution in [1.82, 2.24) is 9.78 Å². The monoisotopic (exact) mass is 210 g/mol. The Kier molecular flexibility index (Phi) is 2.76. The lowest BCUT2D eigenvalue weighted by Crippen LogP contribution is -2.09. The lowest BCUT2D eigenvalue weighted by molar-refractivity contribution is 0.109. The number of terminal acetylenes is 1. The van der Waals surface area contributed by atoms with E-state index in [9.17, 15) is 0 Å². The van der Waals surface area contributed by atoms with Gasteiger partial charge in [0, 0.05) is 12.0 Å². The van der Waals surface area contributed by atoms with Crippen molar-refractivity contribution >= 4 is 11.6 Å². The second-order valence-electron chi connectivity index (χ2n) is 3.17. The number of ether oxygens (including phenoxy) is 1. The first-order chi connectivity index (χ1) is 6.86. The summed E-state index contributed by atoms with van der Waals surface area (Å²) in [6, 6.07) is 0. The molecule has 1 aliphatic heterocycles. The lowest BCUT2D eigenvalue weighted by Gasteiger charge is -2.11. The highest BCUT2D eigenvalue weighted by molar-refractivity contribution is 6.17. The van der Waals surface area contributed by atoms with Gasteiger partial charge in [-0.3, -0.25) is 4.68 Å². The molecule has 2 rings (SSSR count). The molecule has 0 fully saturated rings. The summed E-state index contributed by atoms with van der Waals surface area (Å²) in [6.07, 6.45) is 6.11. The molecule has 1 aromatic heterocycles. The van der Waals surface area contributed by atoms with Crippen LogP contribution in [0.4, 0.5) is 0 Å². The molecule has 0 spiro atoms. The van der Waals surface area contributed by atoms with E-state index in [1.54, 1.807) is 4.68 Å². The van der Waals surface area contributed by atoms with E-state index >= 15 is 0 Å². The molecule has 1 aromatic rings. The van der Waals surface area contributed by atoms with Gasteiger partial charge in [0.15, 0.2) is 0 Å². The third-order valence-electron chi connectivity index (χ3n) is 2.35. The van der Waals surface area contributed by atoms with Crippen LogP contribution in [-0.2, 0) is 30.2 Å². The Balaban J connectivity index is 2.42. The molecular weight excluding hydrogens is 200 g/mol. The molecule has 74 valence electrons. The van der Waals surface area contributed by atoms with E-state index in [1.165, 1.54) is 0 Å². The Labute approximate surface area is 88.0 Å². The van der Waals surface area contributed by atoms with Gasteiger partial charge in [-0.15, -0.1) is 18.0 Å². The summed E-state index contributed by atoms with van der Waals surface area (Å²) < 4.78 is 7.16. The van der Waals surface area contributed by atoms with Crippen LogP contribution in [-0.4, -0.2) is 16.4 Å². The van der Waals surface area contributed by atoms with Gasteiger partial charge < -0.3 is 4.74 Å². The number of fused-ring (bicyclic) bond motifs is 1. The first-order valence-corrected chi connectivity index (χ1v) is 5.05. The molecule has 0 aliphatic carbocycles. The van der Waals surface area contributed by atoms with E-state index in [-0.39, 0.29) is 0 Å². The van der Waals surface area contributed by atoms with Gasteiger partial charge in [0.1, 0.15) is 6.54 Å². The maximum atomic E-state index is 5.86. The number of halogens is 1. The molecule has 1 aliphatic rings. The first kappa shape index (κ1) is 9.57. The van der Waals surface area contributed by atoms with Crippen molar-refractivity contribution in [3.8, 4) is 12.3 Å². The summed E-state index contributed by atoms with van der Waals surface area (Å²) >= 11 is 5.86. The summed E-state index contributed by atoms with van der Waals surface area (Å²) in [4.78, 5) is 0. The molecule has 0 unspecified atom stereocenters. The highest BCUT2D eigenvalue weighted by atomic mass is 35.5. The third-order valence-corrected chi connectivity index (χ3v) is 2.60. The van der Waals surface area contributed by atoms with Gasteiger partial charge in [-0.05, 0) is 0 Å². The minimum atomic E-state index is 0.438. The second-order valence-corrected chi connectivity index (χ2v) is 3.44. The molecule has 0 bridgehead atoms. The summed E-state index contributed by atoms with van der Waals surface area (Å²) in [6.45, 7) is 1.83. The molecule has 0 amide bonds. The van der Waals surface area contributed by atoms with Crippen LogP contribution in [0.25, 0.3) is 0 Å². The number of rotatable bonds is 2. The Hall–Kier alpha value is -0.980. The average molecular weight is 211 g/mol. The number of alkyl halides is 1. The van der Waals surface area contributed by atoms with Gasteiger partial charge in [-0.25, -0.2) is 0 Å². The predicted octanol–water partition coefficient (Wildman–Crippen LogP) is 1.33. The van der Waals surface area contributed by atoms with E-state index in [4.69, 9.17) is 22.8 Å². The topological polar surface area (TPSA) is 27.1 Å². The standard InChI is InChI=1S/C10H11ClN2O/c1-2-4-13-10(6-11)8-7-14-5-3-9(8)12-13/h1H,3-7H2. The van der Waals surface area contributed by atoms with E-state index in [0.29, 0.717) is 19.0 Å². The summed E-state index contributed by atoms with van der Waals surface area (Å²) in [7, 11) is 0. The van der Waals surface area contributed by atoms with Crippen LogP contribution in [0.5, 0.6) is 0 Å². The van der Waals surface area contributed by atoms with Crippen LogP contribution in [0.3, 0.4) is 0 Å². The molecule has 3 nitrogen and oxygen atoms in total. The Morgan fingerprint density at radius 1 is 1.64 bits per heavy atom. The molecule has 0 radical (unpaired) electrons. The van der Waals surface area contributed by atoms with Gasteiger partial charge in [0.05, 0.1) is 30.5 Å². The summed E-state index contributed by atoms with van der Waals surface area (Å²) in [5, 5.41) is 4.42. The first-order valence-electron chi connectivity index (χ1n) is 4.51. The molecule has 0 atom stereocenters. The van der Waals surface area contributed by atoms with Crippen LogP contribution in [0, 0.1) is 12.3 Å². The minimum absolute atomic E-state index is 0.438. The molecule has 0 saturated carbocycles. The fraction of sp³-hybridized carbons (Fsp3) is 0.500. The van der Waals surface area contributed by atoms with E-state index in [0.717, 1.165) is 30.0 Å². The average Bonchev–Trinajstić information content (AvgIpc) is 2.55. The van der Waals surface area contributed by atoms with Crippen molar-refractivity contribution in [3.05, 3.63) is 17.0 Å². The Morgan fingerprint density at radius 2 is 2.50 bits per heavy atom. The van der Waals surface area contributed by atoms with E-state index < -0.39 is 0 Å². The van der Waals surface area contributed by atoms with Gasteiger partial charge in [-0.1, -0.05) is 5.92 Å². The SMILES string of the molecule is C#CCn1nc2c(c1CCl)COCC2. The zero-order chi connectivity index (χ0) is 9.97. The van der Waals surface area contributed by atoms with Crippen LogP contribution < -0.4 is 0 Å². The largest absolute Gasteiger partial charge is 0.376 e. The van der Waals surface area contributed by atoms with Crippen molar-refractivity contribution < 1.29 is 4.74 Å². The fourth-order valence-electron chi connectivity index (χ4n) is 1.67. The quantitative estimate of drug-likeness (QED) is 0.544. The lowest BCUT2D eigenvalue weighted by atomic mass is 10.1. The molecule has 2 heterocycles. The molecule has 4 heteroatoms. The van der Waals surface area contributed by atoms with Gasteiger partial charge in [0.25, 0.3) is 0 Å². The van der Waals surface area contributed by atoms with Crippen LogP contribution in [0.2, 0.25) is 0 Å². The normalized spacial score (nSPS) is 14.9. The van der Waals surface area contributed by atoms with Crippen LogP contribution in [0.1, 0.15) is 17.0 Å². The van der Waals surface area contributed by atoms with Gasteiger partial charge >= 0.3 is 0 Å². The molecule has 0 saturated heterocycles. The zero-order valence-corrected chi connectivity index (χ0v) is 8.55. The van der Waals surface area contributed by atoms with Crippen LogP contribution in [0.15, 0.2) is 0 Å². The molecular formula is C10H11ClN2O.